The summed E-state index contributed by atoms with van der Waals surface area (Å²) in [5, 5.41) is 10.3. The van der Waals surface area contributed by atoms with E-state index >= 15 is 0 Å². The molecule has 0 bridgehead atoms. The van der Waals surface area contributed by atoms with Gasteiger partial charge in [0.15, 0.2) is 5.76 Å². The van der Waals surface area contributed by atoms with Crippen LogP contribution in [0.5, 0.6) is 0 Å². The Bertz CT molecular complexity index is 915. The lowest BCUT2D eigenvalue weighted by molar-refractivity contribution is -0.121. The van der Waals surface area contributed by atoms with Gasteiger partial charge in [-0.2, -0.15) is 0 Å². The molecular formula is C19H16INO3. The molecule has 0 radical (unpaired) electrons. The van der Waals surface area contributed by atoms with E-state index in [0.717, 1.165) is 25.2 Å². The fraction of sp³-hybridized carbons (Fsp3) is 0.158. The minimum atomic E-state index is -0.681. The Morgan fingerprint density at radius 3 is 2.25 bits per heavy atom. The number of hydrogen-bond donors (Lipinski definition) is 1. The maximum Gasteiger partial charge on any atom is 0.301 e. The van der Waals surface area contributed by atoms with Crippen LogP contribution in [0.3, 0.4) is 0 Å². The van der Waals surface area contributed by atoms with Gasteiger partial charge in [0.05, 0.1) is 11.3 Å². The monoisotopic (exact) mass is 433 g/mol. The molecule has 4 nitrogen and oxygen atoms in total. The van der Waals surface area contributed by atoms with Crippen LogP contribution in [0.2, 0.25) is 0 Å². The molecule has 0 atom stereocenters. The first-order valence-corrected chi connectivity index (χ1v) is 8.55. The van der Waals surface area contributed by atoms with E-state index in [0.29, 0.717) is 11.3 Å². The van der Waals surface area contributed by atoms with Crippen molar-refractivity contribution in [3.63, 3.8) is 0 Å². The minimum absolute atomic E-state index is 0.0652. The van der Waals surface area contributed by atoms with Gasteiger partial charge >= 0.3 is 5.91 Å². The first-order valence-electron chi connectivity index (χ1n) is 7.47. The summed E-state index contributed by atoms with van der Waals surface area (Å²) in [6, 6.07) is 11.0. The SMILES string of the molecule is Cc1ccc(C2=C(O)C(=O)N(c3ccc(I)cc3C)C2=O)c(C)c1. The molecule has 5 heteroatoms. The zero-order chi connectivity index (χ0) is 17.6. The molecule has 2 aromatic carbocycles. The number of aliphatic hydroxyl groups excluding tert-OH is 1. The summed E-state index contributed by atoms with van der Waals surface area (Å²) in [4.78, 5) is 26.4. The highest BCUT2D eigenvalue weighted by molar-refractivity contribution is 14.1. The van der Waals surface area contributed by atoms with Crippen LogP contribution in [0, 0.1) is 24.3 Å². The lowest BCUT2D eigenvalue weighted by Gasteiger charge is -2.17. The van der Waals surface area contributed by atoms with Crippen LogP contribution < -0.4 is 4.90 Å². The van der Waals surface area contributed by atoms with Gasteiger partial charge in [0.25, 0.3) is 5.91 Å². The molecule has 0 aromatic heterocycles. The van der Waals surface area contributed by atoms with Crippen LogP contribution in [0.25, 0.3) is 5.57 Å². The number of benzene rings is 2. The number of hydrogen-bond acceptors (Lipinski definition) is 3. The van der Waals surface area contributed by atoms with Gasteiger partial charge in [-0.25, -0.2) is 4.90 Å². The van der Waals surface area contributed by atoms with E-state index in [4.69, 9.17) is 0 Å². The van der Waals surface area contributed by atoms with Crippen molar-refractivity contribution in [1.29, 1.82) is 0 Å². The molecule has 0 saturated carbocycles. The molecule has 3 rings (SSSR count). The average molecular weight is 433 g/mol. The Morgan fingerprint density at radius 2 is 1.62 bits per heavy atom. The van der Waals surface area contributed by atoms with Gasteiger partial charge in [0.2, 0.25) is 0 Å². The van der Waals surface area contributed by atoms with Gasteiger partial charge < -0.3 is 5.11 Å². The largest absolute Gasteiger partial charge is 0.502 e. The van der Waals surface area contributed by atoms with Crippen molar-refractivity contribution in [2.75, 3.05) is 4.90 Å². The van der Waals surface area contributed by atoms with Gasteiger partial charge in [-0.15, -0.1) is 0 Å². The van der Waals surface area contributed by atoms with Crippen LogP contribution in [-0.4, -0.2) is 16.9 Å². The molecule has 1 aliphatic rings. The minimum Gasteiger partial charge on any atom is -0.502 e. The third-order valence-corrected chi connectivity index (χ3v) is 4.78. The topological polar surface area (TPSA) is 57.6 Å². The smallest absolute Gasteiger partial charge is 0.301 e. The summed E-state index contributed by atoms with van der Waals surface area (Å²) in [5.74, 6) is -1.67. The van der Waals surface area contributed by atoms with Crippen molar-refractivity contribution in [2.24, 2.45) is 0 Å². The number of halogens is 1. The first kappa shape index (κ1) is 16.7. The molecule has 0 unspecified atom stereocenters. The first-order chi connectivity index (χ1) is 11.3. The van der Waals surface area contributed by atoms with E-state index in [-0.39, 0.29) is 5.57 Å². The summed E-state index contributed by atoms with van der Waals surface area (Å²) in [7, 11) is 0. The number of carbonyl (C=O) groups is 2. The maximum atomic E-state index is 12.9. The predicted octanol–water partition coefficient (Wildman–Crippen LogP) is 4.06. The third kappa shape index (κ3) is 2.62. The zero-order valence-corrected chi connectivity index (χ0v) is 15.7. The standard InChI is InChI=1S/C19H16INO3/c1-10-4-6-14(11(2)8-10)16-17(22)19(24)21(18(16)23)15-7-5-13(20)9-12(15)3/h4-9,22H,1-3H3. The van der Waals surface area contributed by atoms with Crippen molar-refractivity contribution >= 4 is 45.7 Å². The Morgan fingerprint density at radius 1 is 0.917 bits per heavy atom. The number of amides is 2. The van der Waals surface area contributed by atoms with E-state index in [2.05, 4.69) is 22.6 Å². The van der Waals surface area contributed by atoms with E-state index in [1.807, 2.05) is 45.0 Å². The number of aryl methyl sites for hydroxylation is 3. The molecular weight excluding hydrogens is 417 g/mol. The fourth-order valence-electron chi connectivity index (χ4n) is 2.94. The molecule has 1 N–H and O–H groups in total. The molecule has 2 aromatic rings. The molecule has 0 fully saturated rings. The summed E-state index contributed by atoms with van der Waals surface area (Å²) in [6.07, 6.45) is 0. The molecule has 0 saturated heterocycles. The number of anilines is 1. The highest BCUT2D eigenvalue weighted by atomic mass is 127. The second-order valence-electron chi connectivity index (χ2n) is 5.92. The molecule has 0 aliphatic carbocycles. The molecule has 24 heavy (non-hydrogen) atoms. The number of aliphatic hydroxyl groups is 1. The van der Waals surface area contributed by atoms with Crippen LogP contribution in [0.15, 0.2) is 42.2 Å². The third-order valence-electron chi connectivity index (χ3n) is 4.11. The second kappa shape index (κ2) is 6.05. The van der Waals surface area contributed by atoms with Crippen molar-refractivity contribution in [2.45, 2.75) is 20.8 Å². The number of carbonyl (C=O) groups excluding carboxylic acids is 2. The van der Waals surface area contributed by atoms with Crippen LogP contribution in [0.4, 0.5) is 5.69 Å². The normalized spacial score (nSPS) is 14.8. The molecule has 122 valence electrons. The average Bonchev–Trinajstić information content (AvgIpc) is 2.71. The van der Waals surface area contributed by atoms with Gasteiger partial charge in [-0.05, 0) is 78.3 Å². The summed E-state index contributed by atoms with van der Waals surface area (Å²) in [5.41, 5.74) is 3.85. The van der Waals surface area contributed by atoms with Crippen molar-refractivity contribution in [3.8, 4) is 0 Å². The molecule has 1 aliphatic heterocycles. The Hall–Kier alpha value is -2.15. The highest BCUT2D eigenvalue weighted by Crippen LogP contribution is 2.35. The van der Waals surface area contributed by atoms with Crippen LogP contribution in [-0.2, 0) is 9.59 Å². The fourth-order valence-corrected chi connectivity index (χ4v) is 3.59. The zero-order valence-electron chi connectivity index (χ0n) is 13.6. The molecule has 2 amide bonds. The highest BCUT2D eigenvalue weighted by Gasteiger charge is 2.41. The van der Waals surface area contributed by atoms with Gasteiger partial charge in [0.1, 0.15) is 0 Å². The molecule has 1 heterocycles. The van der Waals surface area contributed by atoms with Gasteiger partial charge in [-0.3, -0.25) is 9.59 Å². The van der Waals surface area contributed by atoms with E-state index in [1.165, 1.54) is 0 Å². The summed E-state index contributed by atoms with van der Waals surface area (Å²) in [6.45, 7) is 5.65. The summed E-state index contributed by atoms with van der Waals surface area (Å²) >= 11 is 2.17. The quantitative estimate of drug-likeness (QED) is 0.574. The molecule has 0 spiro atoms. The van der Waals surface area contributed by atoms with Gasteiger partial charge in [0, 0.05) is 3.57 Å². The van der Waals surface area contributed by atoms with E-state index in [1.54, 1.807) is 12.1 Å². The van der Waals surface area contributed by atoms with Crippen molar-refractivity contribution < 1.29 is 14.7 Å². The number of rotatable bonds is 2. The van der Waals surface area contributed by atoms with Gasteiger partial charge in [-0.1, -0.05) is 23.8 Å². The Labute approximate surface area is 153 Å². The lowest BCUT2D eigenvalue weighted by Crippen LogP contribution is -2.32. The van der Waals surface area contributed by atoms with Crippen molar-refractivity contribution in [3.05, 3.63) is 68.0 Å². The number of imide groups is 1. The Kier molecular flexibility index (Phi) is 4.21. The Balaban J connectivity index is 2.11. The van der Waals surface area contributed by atoms with Crippen LogP contribution in [0.1, 0.15) is 22.3 Å². The number of nitrogens with zero attached hydrogens (tertiary/aromatic N) is 1. The van der Waals surface area contributed by atoms with E-state index < -0.39 is 17.6 Å². The van der Waals surface area contributed by atoms with Crippen LogP contribution >= 0.6 is 22.6 Å². The second-order valence-corrected chi connectivity index (χ2v) is 7.16. The maximum absolute atomic E-state index is 12.9. The van der Waals surface area contributed by atoms with Crippen molar-refractivity contribution in [1.82, 2.24) is 0 Å². The summed E-state index contributed by atoms with van der Waals surface area (Å²) < 4.78 is 1.01. The lowest BCUT2D eigenvalue weighted by atomic mass is 9.98. The van der Waals surface area contributed by atoms with E-state index in [9.17, 15) is 14.7 Å². The predicted molar refractivity (Wildman–Crippen MR) is 102 cm³/mol.